The van der Waals surface area contributed by atoms with Crippen LogP contribution in [0.15, 0.2) is 0 Å². The van der Waals surface area contributed by atoms with Gasteiger partial charge in [-0.05, 0) is 25.3 Å². The lowest BCUT2D eigenvalue weighted by Crippen LogP contribution is -2.46. The fourth-order valence-electron chi connectivity index (χ4n) is 2.01. The van der Waals surface area contributed by atoms with E-state index in [-0.39, 0.29) is 0 Å². The number of hydrogen-bond acceptors (Lipinski definition) is 3. The average molecular weight is 201 g/mol. The monoisotopic (exact) mass is 201 g/mol. The largest absolute Gasteiger partial charge is 0.375 e. The molecule has 2 aliphatic rings. The van der Waals surface area contributed by atoms with Crippen molar-refractivity contribution in [1.82, 2.24) is 5.32 Å². The van der Waals surface area contributed by atoms with Crippen LogP contribution in [0.1, 0.15) is 19.8 Å². The molecule has 13 heavy (non-hydrogen) atoms. The van der Waals surface area contributed by atoms with Crippen molar-refractivity contribution in [2.45, 2.75) is 31.9 Å². The number of nitrogens with one attached hydrogen (secondary N) is 1. The molecule has 1 aliphatic heterocycles. The Morgan fingerprint density at radius 2 is 2.38 bits per heavy atom. The van der Waals surface area contributed by atoms with Gasteiger partial charge in [0.05, 0.1) is 12.7 Å². The van der Waals surface area contributed by atoms with E-state index in [1.807, 2.05) is 11.8 Å². The molecule has 2 unspecified atom stereocenters. The summed E-state index contributed by atoms with van der Waals surface area (Å²) in [5.74, 6) is 3.28. The minimum absolute atomic E-state index is 0.478. The maximum atomic E-state index is 5.81. The third-order valence-corrected chi connectivity index (χ3v) is 3.83. The van der Waals surface area contributed by atoms with Gasteiger partial charge in [-0.3, -0.25) is 0 Å². The molecule has 2 nitrogen and oxygen atoms in total. The van der Waals surface area contributed by atoms with Crippen LogP contribution in [0.4, 0.5) is 0 Å². The Bertz CT molecular complexity index is 155. The summed E-state index contributed by atoms with van der Waals surface area (Å²) in [5.41, 5.74) is 0. The van der Waals surface area contributed by atoms with Gasteiger partial charge < -0.3 is 10.1 Å². The Morgan fingerprint density at radius 3 is 2.92 bits per heavy atom. The molecule has 1 aliphatic carbocycles. The predicted molar refractivity (Wildman–Crippen MR) is 57.3 cm³/mol. The molecule has 0 bridgehead atoms. The fraction of sp³-hybridized carbons (Fsp3) is 1.00. The Kier molecular flexibility index (Phi) is 3.52. The molecule has 3 heteroatoms. The van der Waals surface area contributed by atoms with E-state index in [0.29, 0.717) is 12.1 Å². The lowest BCUT2D eigenvalue weighted by atomic mass is 10.1. The summed E-state index contributed by atoms with van der Waals surface area (Å²) in [6.07, 6.45) is 3.29. The Morgan fingerprint density at radius 1 is 1.54 bits per heavy atom. The smallest absolute Gasteiger partial charge is 0.0821 e. The van der Waals surface area contributed by atoms with Crippen LogP contribution in [0.25, 0.3) is 0 Å². The molecular weight excluding hydrogens is 182 g/mol. The summed E-state index contributed by atoms with van der Waals surface area (Å²) in [6, 6.07) is 0.637. The highest BCUT2D eigenvalue weighted by Crippen LogP contribution is 2.36. The van der Waals surface area contributed by atoms with Crippen LogP contribution < -0.4 is 5.32 Å². The number of ether oxygens (including phenoxy) is 1. The molecule has 0 aromatic carbocycles. The third kappa shape index (κ3) is 2.61. The van der Waals surface area contributed by atoms with Crippen molar-refractivity contribution in [2.75, 3.05) is 24.7 Å². The first kappa shape index (κ1) is 9.81. The lowest BCUT2D eigenvalue weighted by Gasteiger charge is -2.30. The van der Waals surface area contributed by atoms with Crippen molar-refractivity contribution >= 4 is 11.8 Å². The summed E-state index contributed by atoms with van der Waals surface area (Å²) in [4.78, 5) is 0. The molecule has 76 valence electrons. The van der Waals surface area contributed by atoms with Crippen LogP contribution >= 0.6 is 11.8 Å². The Balaban J connectivity index is 1.84. The van der Waals surface area contributed by atoms with Gasteiger partial charge in [0.2, 0.25) is 0 Å². The normalized spacial score (nSPS) is 31.6. The van der Waals surface area contributed by atoms with Gasteiger partial charge in [0.1, 0.15) is 0 Å². The third-order valence-electron chi connectivity index (χ3n) is 2.81. The Labute approximate surface area is 84.8 Å². The first-order valence-corrected chi connectivity index (χ1v) is 6.50. The van der Waals surface area contributed by atoms with Crippen LogP contribution in [-0.4, -0.2) is 36.8 Å². The van der Waals surface area contributed by atoms with E-state index in [4.69, 9.17) is 4.74 Å². The van der Waals surface area contributed by atoms with Gasteiger partial charge in [0.25, 0.3) is 0 Å². The van der Waals surface area contributed by atoms with Crippen molar-refractivity contribution in [3.8, 4) is 0 Å². The summed E-state index contributed by atoms with van der Waals surface area (Å²) < 4.78 is 5.81. The van der Waals surface area contributed by atoms with Gasteiger partial charge in [0, 0.05) is 17.5 Å². The summed E-state index contributed by atoms with van der Waals surface area (Å²) in [6.45, 7) is 4.21. The zero-order valence-electron chi connectivity index (χ0n) is 8.29. The van der Waals surface area contributed by atoms with Crippen molar-refractivity contribution in [3.05, 3.63) is 0 Å². The van der Waals surface area contributed by atoms with Crippen molar-refractivity contribution in [2.24, 2.45) is 5.92 Å². The molecule has 1 N–H and O–H groups in total. The van der Waals surface area contributed by atoms with Crippen LogP contribution in [0, 0.1) is 5.92 Å². The molecule has 1 saturated carbocycles. The molecule has 2 rings (SSSR count). The van der Waals surface area contributed by atoms with Crippen molar-refractivity contribution in [1.29, 1.82) is 0 Å². The maximum absolute atomic E-state index is 5.81. The van der Waals surface area contributed by atoms with Crippen LogP contribution in [-0.2, 0) is 4.74 Å². The minimum atomic E-state index is 0.478. The molecule has 0 aromatic rings. The maximum Gasteiger partial charge on any atom is 0.0821 e. The van der Waals surface area contributed by atoms with Gasteiger partial charge in [-0.25, -0.2) is 0 Å². The molecular formula is C10H19NOS. The van der Waals surface area contributed by atoms with E-state index in [2.05, 4.69) is 12.2 Å². The van der Waals surface area contributed by atoms with Gasteiger partial charge in [-0.15, -0.1) is 0 Å². The van der Waals surface area contributed by atoms with Crippen molar-refractivity contribution < 1.29 is 4.74 Å². The summed E-state index contributed by atoms with van der Waals surface area (Å²) in [5, 5.41) is 3.58. The molecule has 0 aromatic heterocycles. The lowest BCUT2D eigenvalue weighted by molar-refractivity contribution is 0.0416. The number of hydrogen-bond donors (Lipinski definition) is 1. The summed E-state index contributed by atoms with van der Waals surface area (Å²) >= 11 is 2.04. The second-order valence-electron chi connectivity index (χ2n) is 3.91. The van der Waals surface area contributed by atoms with E-state index in [1.165, 1.54) is 24.3 Å². The van der Waals surface area contributed by atoms with Gasteiger partial charge in [-0.1, -0.05) is 6.92 Å². The fourth-order valence-corrected chi connectivity index (χ4v) is 2.92. The van der Waals surface area contributed by atoms with Crippen LogP contribution in [0.5, 0.6) is 0 Å². The van der Waals surface area contributed by atoms with Gasteiger partial charge in [0.15, 0.2) is 0 Å². The first-order valence-electron chi connectivity index (χ1n) is 5.34. The SMILES string of the molecule is CCNC(C1CC1)C1CSCCO1. The number of rotatable bonds is 4. The number of thioether (sulfide) groups is 1. The molecule has 2 fully saturated rings. The van der Waals surface area contributed by atoms with E-state index >= 15 is 0 Å². The number of likely N-dealkylation sites (N-methyl/N-ethyl adjacent to an activating group) is 1. The second-order valence-corrected chi connectivity index (χ2v) is 5.05. The molecule has 1 heterocycles. The highest BCUT2D eigenvalue weighted by Gasteiger charge is 2.37. The zero-order chi connectivity index (χ0) is 9.10. The minimum Gasteiger partial charge on any atom is -0.375 e. The molecule has 0 spiro atoms. The highest BCUT2D eigenvalue weighted by atomic mass is 32.2. The molecule has 1 saturated heterocycles. The second kappa shape index (κ2) is 4.67. The van der Waals surface area contributed by atoms with Crippen molar-refractivity contribution in [3.63, 3.8) is 0 Å². The van der Waals surface area contributed by atoms with E-state index in [1.54, 1.807) is 0 Å². The highest BCUT2D eigenvalue weighted by molar-refractivity contribution is 7.99. The van der Waals surface area contributed by atoms with Crippen LogP contribution in [0.2, 0.25) is 0 Å². The van der Waals surface area contributed by atoms with Gasteiger partial charge >= 0.3 is 0 Å². The topological polar surface area (TPSA) is 21.3 Å². The Hall–Kier alpha value is 0.270. The summed E-state index contributed by atoms with van der Waals surface area (Å²) in [7, 11) is 0. The quantitative estimate of drug-likeness (QED) is 0.745. The predicted octanol–water partition coefficient (Wildman–Crippen LogP) is 1.51. The first-order chi connectivity index (χ1) is 6.42. The van der Waals surface area contributed by atoms with Crippen LogP contribution in [0.3, 0.4) is 0 Å². The van der Waals surface area contributed by atoms with E-state index < -0.39 is 0 Å². The standard InChI is InChI=1S/C10H19NOS/c1-2-11-10(8-3-4-8)9-7-13-6-5-12-9/h8-11H,2-7H2,1H3. The average Bonchev–Trinajstić information content (AvgIpc) is 2.99. The van der Waals surface area contributed by atoms with E-state index in [0.717, 1.165) is 19.1 Å². The van der Waals surface area contributed by atoms with Gasteiger partial charge in [-0.2, -0.15) is 11.8 Å². The molecule has 2 atom stereocenters. The zero-order valence-corrected chi connectivity index (χ0v) is 9.11. The molecule has 0 radical (unpaired) electrons. The van der Waals surface area contributed by atoms with E-state index in [9.17, 15) is 0 Å². The molecule has 0 amide bonds.